The van der Waals surface area contributed by atoms with Crippen LogP contribution in [-0.2, 0) is 9.53 Å². The van der Waals surface area contributed by atoms with Crippen molar-refractivity contribution < 1.29 is 20.1 Å². The third-order valence-electron chi connectivity index (χ3n) is 2.45. The molecule has 1 amide bonds. The molecule has 2 atom stereocenters. The average molecular weight is 235 g/mol. The monoisotopic (exact) mass is 235 g/mol. The Morgan fingerprint density at radius 1 is 1.56 bits per heavy atom. The van der Waals surface area contributed by atoms with Crippen molar-refractivity contribution in [1.29, 1.82) is 0 Å². The van der Waals surface area contributed by atoms with Gasteiger partial charge in [0, 0.05) is 26.6 Å². The first kappa shape index (κ1) is 17.7. The molecule has 0 aliphatic carbocycles. The summed E-state index contributed by atoms with van der Waals surface area (Å²) >= 11 is 0. The molecule has 1 rings (SSSR count). The molecule has 0 spiro atoms. The number of carbonyl (C=O) groups excluding carboxylic acids is 1. The number of hydrogen-bond donors (Lipinski definition) is 1. The van der Waals surface area contributed by atoms with Crippen LogP contribution in [-0.4, -0.2) is 54.8 Å². The SMILES string of the molecule is CC.COCC(O)CC1CCN(C)C1=O.O. The number of hydrogen-bond acceptors (Lipinski definition) is 3. The predicted molar refractivity (Wildman–Crippen MR) is 63.2 cm³/mol. The standard InChI is InChI=1S/C9H17NO3.C2H6.H2O/c1-10-4-3-7(9(10)12)5-8(11)6-13-2;1-2;/h7-8,11H,3-6H2,1-2H3;1-2H3;1H2. The second-order valence-corrected chi connectivity index (χ2v) is 3.59. The number of aliphatic hydroxyl groups is 1. The van der Waals surface area contributed by atoms with Crippen LogP contribution in [0.3, 0.4) is 0 Å². The van der Waals surface area contributed by atoms with Crippen LogP contribution in [0.1, 0.15) is 26.7 Å². The van der Waals surface area contributed by atoms with Gasteiger partial charge in [-0.2, -0.15) is 0 Å². The Labute approximate surface area is 97.7 Å². The van der Waals surface area contributed by atoms with Gasteiger partial charge in [-0.15, -0.1) is 0 Å². The molecule has 0 aromatic rings. The molecule has 1 heterocycles. The third kappa shape index (κ3) is 5.44. The van der Waals surface area contributed by atoms with Gasteiger partial charge in [0.15, 0.2) is 0 Å². The average Bonchev–Trinajstić information content (AvgIpc) is 2.53. The largest absolute Gasteiger partial charge is 0.412 e. The summed E-state index contributed by atoms with van der Waals surface area (Å²) in [4.78, 5) is 13.1. The van der Waals surface area contributed by atoms with Gasteiger partial charge >= 0.3 is 0 Å². The summed E-state index contributed by atoms with van der Waals surface area (Å²) in [6, 6.07) is 0. The maximum Gasteiger partial charge on any atom is 0.225 e. The van der Waals surface area contributed by atoms with E-state index in [0.29, 0.717) is 13.0 Å². The number of rotatable bonds is 4. The van der Waals surface area contributed by atoms with E-state index in [9.17, 15) is 9.90 Å². The van der Waals surface area contributed by atoms with Crippen molar-refractivity contribution in [1.82, 2.24) is 4.90 Å². The summed E-state index contributed by atoms with van der Waals surface area (Å²) in [5, 5.41) is 9.42. The van der Waals surface area contributed by atoms with Crippen LogP contribution in [0.2, 0.25) is 0 Å². The van der Waals surface area contributed by atoms with Gasteiger partial charge < -0.3 is 20.2 Å². The highest BCUT2D eigenvalue weighted by atomic mass is 16.5. The Hall–Kier alpha value is -0.650. The lowest BCUT2D eigenvalue weighted by atomic mass is 10.0. The number of likely N-dealkylation sites (tertiary alicyclic amines) is 1. The topological polar surface area (TPSA) is 81.3 Å². The molecule has 1 saturated heterocycles. The fourth-order valence-corrected chi connectivity index (χ4v) is 1.70. The first-order chi connectivity index (χ1) is 7.15. The summed E-state index contributed by atoms with van der Waals surface area (Å²) in [7, 11) is 3.34. The minimum absolute atomic E-state index is 0. The summed E-state index contributed by atoms with van der Waals surface area (Å²) in [6.45, 7) is 5.12. The normalized spacial score (nSPS) is 20.9. The number of ether oxygens (including phenoxy) is 1. The van der Waals surface area contributed by atoms with Gasteiger partial charge in [-0.25, -0.2) is 0 Å². The number of carbonyl (C=O) groups is 1. The summed E-state index contributed by atoms with van der Waals surface area (Å²) < 4.78 is 4.80. The maximum atomic E-state index is 11.4. The van der Waals surface area contributed by atoms with Gasteiger partial charge in [0.2, 0.25) is 5.91 Å². The summed E-state index contributed by atoms with van der Waals surface area (Å²) in [6.07, 6.45) is 0.873. The van der Waals surface area contributed by atoms with Crippen LogP contribution >= 0.6 is 0 Å². The van der Waals surface area contributed by atoms with Crippen molar-refractivity contribution >= 4 is 5.91 Å². The Morgan fingerprint density at radius 2 is 2.12 bits per heavy atom. The van der Waals surface area contributed by atoms with E-state index in [4.69, 9.17) is 4.74 Å². The van der Waals surface area contributed by atoms with E-state index in [-0.39, 0.29) is 17.3 Å². The molecule has 1 aliphatic heterocycles. The Kier molecular flexibility index (Phi) is 10.6. The molecule has 0 bridgehead atoms. The fraction of sp³-hybridized carbons (Fsp3) is 0.909. The van der Waals surface area contributed by atoms with Gasteiger partial charge in [-0.1, -0.05) is 13.8 Å². The molecule has 0 radical (unpaired) electrons. The summed E-state index contributed by atoms with van der Waals surface area (Å²) in [5.74, 6) is 0.144. The van der Waals surface area contributed by atoms with Crippen LogP contribution in [0.4, 0.5) is 0 Å². The highest BCUT2D eigenvalue weighted by molar-refractivity contribution is 5.80. The number of aliphatic hydroxyl groups excluding tert-OH is 1. The Morgan fingerprint density at radius 3 is 2.50 bits per heavy atom. The zero-order valence-electron chi connectivity index (χ0n) is 10.7. The van der Waals surface area contributed by atoms with E-state index >= 15 is 0 Å². The summed E-state index contributed by atoms with van der Waals surface area (Å²) in [5.41, 5.74) is 0. The van der Waals surface area contributed by atoms with E-state index in [1.807, 2.05) is 13.8 Å². The van der Waals surface area contributed by atoms with Crippen LogP contribution in [0.15, 0.2) is 0 Å². The fourth-order valence-electron chi connectivity index (χ4n) is 1.70. The Bertz CT molecular complexity index is 187. The first-order valence-electron chi connectivity index (χ1n) is 5.57. The first-order valence-corrected chi connectivity index (χ1v) is 5.57. The molecule has 0 aromatic carbocycles. The second-order valence-electron chi connectivity index (χ2n) is 3.59. The minimum atomic E-state index is -0.509. The van der Waals surface area contributed by atoms with Gasteiger partial charge in [0.1, 0.15) is 0 Å². The van der Waals surface area contributed by atoms with Crippen molar-refractivity contribution in [2.45, 2.75) is 32.8 Å². The predicted octanol–water partition coefficient (Wildman–Crippen LogP) is 0.0636. The molecule has 16 heavy (non-hydrogen) atoms. The molecular formula is C11H25NO4. The zero-order valence-corrected chi connectivity index (χ0v) is 10.7. The van der Waals surface area contributed by atoms with Gasteiger partial charge in [0.25, 0.3) is 0 Å². The van der Waals surface area contributed by atoms with Gasteiger partial charge in [0.05, 0.1) is 12.7 Å². The molecule has 5 nitrogen and oxygen atoms in total. The van der Waals surface area contributed by atoms with E-state index in [1.54, 1.807) is 19.1 Å². The number of nitrogens with zero attached hydrogens (tertiary/aromatic N) is 1. The number of amides is 1. The van der Waals surface area contributed by atoms with Crippen molar-refractivity contribution in [3.8, 4) is 0 Å². The molecule has 5 heteroatoms. The third-order valence-corrected chi connectivity index (χ3v) is 2.45. The lowest BCUT2D eigenvalue weighted by molar-refractivity contribution is -0.130. The van der Waals surface area contributed by atoms with Gasteiger partial charge in [-0.05, 0) is 12.8 Å². The highest BCUT2D eigenvalue weighted by Crippen LogP contribution is 2.21. The van der Waals surface area contributed by atoms with Crippen LogP contribution < -0.4 is 0 Å². The van der Waals surface area contributed by atoms with Crippen LogP contribution in [0.25, 0.3) is 0 Å². The molecule has 3 N–H and O–H groups in total. The molecular weight excluding hydrogens is 210 g/mol. The lowest BCUT2D eigenvalue weighted by Crippen LogP contribution is -2.26. The van der Waals surface area contributed by atoms with Gasteiger partial charge in [-0.3, -0.25) is 4.79 Å². The zero-order chi connectivity index (χ0) is 11.8. The molecule has 0 saturated carbocycles. The molecule has 0 aromatic heterocycles. The van der Waals surface area contributed by atoms with Crippen molar-refractivity contribution in [3.05, 3.63) is 0 Å². The van der Waals surface area contributed by atoms with E-state index in [1.165, 1.54) is 0 Å². The maximum absolute atomic E-state index is 11.4. The van der Waals surface area contributed by atoms with E-state index < -0.39 is 6.10 Å². The quantitative estimate of drug-likeness (QED) is 0.748. The van der Waals surface area contributed by atoms with Crippen LogP contribution in [0, 0.1) is 5.92 Å². The minimum Gasteiger partial charge on any atom is -0.412 e. The smallest absolute Gasteiger partial charge is 0.225 e. The van der Waals surface area contributed by atoms with Crippen molar-refractivity contribution in [2.24, 2.45) is 5.92 Å². The lowest BCUT2D eigenvalue weighted by Gasteiger charge is -2.13. The molecule has 1 aliphatic rings. The number of methoxy groups -OCH3 is 1. The molecule has 1 fully saturated rings. The molecule has 2 unspecified atom stereocenters. The van der Waals surface area contributed by atoms with Crippen molar-refractivity contribution in [2.75, 3.05) is 27.3 Å². The molecule has 98 valence electrons. The van der Waals surface area contributed by atoms with E-state index in [2.05, 4.69) is 0 Å². The van der Waals surface area contributed by atoms with Crippen molar-refractivity contribution in [3.63, 3.8) is 0 Å². The Balaban J connectivity index is 0. The second kappa shape index (κ2) is 9.57. The van der Waals surface area contributed by atoms with E-state index in [0.717, 1.165) is 13.0 Å². The highest BCUT2D eigenvalue weighted by Gasteiger charge is 2.30. The van der Waals surface area contributed by atoms with Crippen LogP contribution in [0.5, 0.6) is 0 Å².